The zero-order chi connectivity index (χ0) is 12.9. The van der Waals surface area contributed by atoms with E-state index in [0.717, 1.165) is 6.42 Å². The second kappa shape index (κ2) is 6.15. The molecule has 0 aliphatic heterocycles. The van der Waals surface area contributed by atoms with Gasteiger partial charge < -0.3 is 4.74 Å². The van der Waals surface area contributed by atoms with Gasteiger partial charge in [0.1, 0.15) is 0 Å². The minimum Gasteiger partial charge on any atom is -0.374 e. The van der Waals surface area contributed by atoms with Crippen molar-refractivity contribution >= 4 is 0 Å². The Balaban J connectivity index is 3.04. The molecule has 0 amide bonds. The molecule has 0 aromatic heterocycles. The largest absolute Gasteiger partial charge is 0.374 e. The lowest BCUT2D eigenvalue weighted by Crippen LogP contribution is -2.46. The summed E-state index contributed by atoms with van der Waals surface area (Å²) < 4.78 is 5.88. The molecule has 0 saturated heterocycles. The fourth-order valence-electron chi connectivity index (χ4n) is 2.19. The van der Waals surface area contributed by atoms with Crippen LogP contribution in [0.15, 0.2) is 24.3 Å². The van der Waals surface area contributed by atoms with Crippen LogP contribution in [0.2, 0.25) is 0 Å². The van der Waals surface area contributed by atoms with Crippen LogP contribution in [-0.4, -0.2) is 12.2 Å². The van der Waals surface area contributed by atoms with Crippen LogP contribution in [0.25, 0.3) is 0 Å². The fraction of sp³-hybridized carbons (Fsp3) is 0.571. The minimum atomic E-state index is -0.280. The van der Waals surface area contributed by atoms with Gasteiger partial charge in [0.05, 0.1) is 11.6 Å². The Bertz CT molecular complexity index is 354. The highest BCUT2D eigenvalue weighted by Gasteiger charge is 2.33. The summed E-state index contributed by atoms with van der Waals surface area (Å²) in [5.41, 5.74) is 5.02. The highest BCUT2D eigenvalue weighted by molar-refractivity contribution is 5.27. The number of rotatable bonds is 6. The van der Waals surface area contributed by atoms with Crippen LogP contribution in [-0.2, 0) is 4.74 Å². The molecule has 2 unspecified atom stereocenters. The first-order chi connectivity index (χ1) is 8.07. The van der Waals surface area contributed by atoms with E-state index in [1.807, 2.05) is 6.92 Å². The van der Waals surface area contributed by atoms with Gasteiger partial charge in [-0.2, -0.15) is 0 Å². The lowest BCUT2D eigenvalue weighted by molar-refractivity contribution is -0.0564. The summed E-state index contributed by atoms with van der Waals surface area (Å²) in [6, 6.07) is 8.38. The van der Waals surface area contributed by atoms with E-state index in [1.165, 1.54) is 11.1 Å². The van der Waals surface area contributed by atoms with Crippen LogP contribution >= 0.6 is 0 Å². The van der Waals surface area contributed by atoms with Gasteiger partial charge in [0.25, 0.3) is 0 Å². The molecule has 0 aliphatic rings. The smallest absolute Gasteiger partial charge is 0.0858 e. The number of benzene rings is 1. The van der Waals surface area contributed by atoms with Gasteiger partial charge in [0, 0.05) is 6.61 Å². The van der Waals surface area contributed by atoms with Crippen molar-refractivity contribution < 1.29 is 4.74 Å². The van der Waals surface area contributed by atoms with Crippen LogP contribution in [0.4, 0.5) is 0 Å². The van der Waals surface area contributed by atoms with Gasteiger partial charge in [-0.3, -0.25) is 11.3 Å². The minimum absolute atomic E-state index is 0.00681. The molecule has 0 fully saturated rings. The van der Waals surface area contributed by atoms with Crippen molar-refractivity contribution in [2.24, 2.45) is 5.84 Å². The monoisotopic (exact) mass is 236 g/mol. The molecule has 96 valence electrons. The van der Waals surface area contributed by atoms with E-state index in [4.69, 9.17) is 10.6 Å². The lowest BCUT2D eigenvalue weighted by atomic mass is 9.87. The van der Waals surface area contributed by atoms with E-state index in [9.17, 15) is 0 Å². The number of hydrogen-bond donors (Lipinski definition) is 2. The summed E-state index contributed by atoms with van der Waals surface area (Å²) >= 11 is 0. The maximum Gasteiger partial charge on any atom is 0.0858 e. The molecule has 3 nitrogen and oxygen atoms in total. The summed E-state index contributed by atoms with van der Waals surface area (Å²) in [5, 5.41) is 0. The van der Waals surface area contributed by atoms with Gasteiger partial charge in [-0.25, -0.2) is 0 Å². The molecule has 1 aromatic carbocycles. The molecule has 1 aromatic rings. The van der Waals surface area contributed by atoms with Gasteiger partial charge in [-0.05, 0) is 32.8 Å². The van der Waals surface area contributed by atoms with Crippen LogP contribution in [0, 0.1) is 6.92 Å². The van der Waals surface area contributed by atoms with Gasteiger partial charge in [-0.1, -0.05) is 36.8 Å². The molecule has 0 bridgehead atoms. The maximum atomic E-state index is 5.88. The molecule has 0 saturated carbocycles. The SMILES string of the molecule is CCOC(C)(CC)C(NN)c1cccc(C)c1. The molecule has 0 spiro atoms. The molecule has 0 heterocycles. The van der Waals surface area contributed by atoms with E-state index in [0.29, 0.717) is 6.61 Å². The van der Waals surface area contributed by atoms with E-state index < -0.39 is 0 Å². The van der Waals surface area contributed by atoms with Crippen LogP contribution in [0.5, 0.6) is 0 Å². The molecule has 1 rings (SSSR count). The number of nitrogens with two attached hydrogens (primary N) is 1. The number of nitrogens with one attached hydrogen (secondary N) is 1. The second-order valence-electron chi connectivity index (χ2n) is 4.61. The van der Waals surface area contributed by atoms with E-state index in [-0.39, 0.29) is 11.6 Å². The summed E-state index contributed by atoms with van der Waals surface area (Å²) in [4.78, 5) is 0. The zero-order valence-corrected chi connectivity index (χ0v) is 11.3. The number of aryl methyl sites for hydroxylation is 1. The molecular weight excluding hydrogens is 212 g/mol. The number of hydrogen-bond acceptors (Lipinski definition) is 3. The summed E-state index contributed by atoms with van der Waals surface area (Å²) in [6.45, 7) is 9.01. The quantitative estimate of drug-likeness (QED) is 0.589. The number of hydrazine groups is 1. The van der Waals surface area contributed by atoms with Gasteiger partial charge in [-0.15, -0.1) is 0 Å². The third-order valence-corrected chi connectivity index (χ3v) is 3.33. The van der Waals surface area contributed by atoms with E-state index >= 15 is 0 Å². The Labute approximate surface area is 104 Å². The second-order valence-corrected chi connectivity index (χ2v) is 4.61. The average Bonchev–Trinajstić information content (AvgIpc) is 2.30. The van der Waals surface area contributed by atoms with E-state index in [2.05, 4.69) is 50.5 Å². The van der Waals surface area contributed by atoms with Crippen LogP contribution in [0.1, 0.15) is 44.4 Å². The highest BCUT2D eigenvalue weighted by atomic mass is 16.5. The molecule has 2 atom stereocenters. The summed E-state index contributed by atoms with van der Waals surface area (Å²) in [6.07, 6.45) is 0.906. The van der Waals surface area contributed by atoms with Gasteiger partial charge in [0.15, 0.2) is 0 Å². The van der Waals surface area contributed by atoms with Crippen LogP contribution < -0.4 is 11.3 Å². The van der Waals surface area contributed by atoms with E-state index in [1.54, 1.807) is 0 Å². The molecule has 3 heteroatoms. The Kier molecular flexibility index (Phi) is 5.12. The van der Waals surface area contributed by atoms with Crippen molar-refractivity contribution in [2.75, 3.05) is 6.61 Å². The fourth-order valence-corrected chi connectivity index (χ4v) is 2.19. The molecule has 17 heavy (non-hydrogen) atoms. The Hall–Kier alpha value is -0.900. The normalized spacial score (nSPS) is 16.5. The van der Waals surface area contributed by atoms with Crippen molar-refractivity contribution in [3.8, 4) is 0 Å². The Morgan fingerprint density at radius 1 is 1.41 bits per heavy atom. The predicted octanol–water partition coefficient (Wildman–Crippen LogP) is 2.70. The zero-order valence-electron chi connectivity index (χ0n) is 11.3. The Morgan fingerprint density at radius 3 is 2.59 bits per heavy atom. The molecule has 0 radical (unpaired) electrons. The first-order valence-electron chi connectivity index (χ1n) is 6.24. The summed E-state index contributed by atoms with van der Waals surface area (Å²) in [5.74, 6) is 5.72. The van der Waals surface area contributed by atoms with Crippen molar-refractivity contribution in [1.82, 2.24) is 5.43 Å². The first kappa shape index (κ1) is 14.2. The highest BCUT2D eigenvalue weighted by Crippen LogP contribution is 2.31. The Morgan fingerprint density at radius 2 is 2.12 bits per heavy atom. The van der Waals surface area contributed by atoms with Gasteiger partial charge >= 0.3 is 0 Å². The standard InChI is InChI=1S/C14H24N2O/c1-5-14(4,17-6-2)13(16-15)12-9-7-8-11(3)10-12/h7-10,13,16H,5-6,15H2,1-4H3. The third-order valence-electron chi connectivity index (χ3n) is 3.33. The van der Waals surface area contributed by atoms with Crippen LogP contribution in [0.3, 0.4) is 0 Å². The average molecular weight is 236 g/mol. The van der Waals surface area contributed by atoms with Crippen molar-refractivity contribution in [1.29, 1.82) is 0 Å². The lowest BCUT2D eigenvalue weighted by Gasteiger charge is -2.36. The topological polar surface area (TPSA) is 47.3 Å². The first-order valence-corrected chi connectivity index (χ1v) is 6.24. The third kappa shape index (κ3) is 3.28. The maximum absolute atomic E-state index is 5.88. The summed E-state index contributed by atoms with van der Waals surface area (Å²) in [7, 11) is 0. The predicted molar refractivity (Wildman–Crippen MR) is 71.6 cm³/mol. The molecule has 3 N–H and O–H groups in total. The van der Waals surface area contributed by atoms with Gasteiger partial charge in [0.2, 0.25) is 0 Å². The molecule has 0 aliphatic carbocycles. The van der Waals surface area contributed by atoms with Crippen molar-refractivity contribution in [2.45, 2.75) is 45.8 Å². The number of ether oxygens (including phenoxy) is 1. The molecular formula is C14H24N2O. The van der Waals surface area contributed by atoms with Crippen molar-refractivity contribution in [3.63, 3.8) is 0 Å². The van der Waals surface area contributed by atoms with Crippen molar-refractivity contribution in [3.05, 3.63) is 35.4 Å².